The Morgan fingerprint density at radius 1 is 1.58 bits per heavy atom. The Hall–Kier alpha value is -0.830. The molecular formula is C9H16N2O. The zero-order chi connectivity index (χ0) is 9.14. The highest BCUT2D eigenvalue weighted by Crippen LogP contribution is 2.16. The molecule has 0 aliphatic rings. The van der Waals surface area contributed by atoms with Crippen molar-refractivity contribution < 1.29 is 5.11 Å². The molecule has 0 aliphatic heterocycles. The fourth-order valence-electron chi connectivity index (χ4n) is 1.04. The fourth-order valence-corrected chi connectivity index (χ4v) is 1.04. The molecular weight excluding hydrogens is 152 g/mol. The molecule has 0 bridgehead atoms. The van der Waals surface area contributed by atoms with Crippen molar-refractivity contribution in [3.8, 4) is 0 Å². The first kappa shape index (κ1) is 9.26. The Balaban J connectivity index is 2.77. The lowest BCUT2D eigenvalue weighted by Crippen LogP contribution is -2.00. The number of hydrogen-bond acceptors (Lipinski definition) is 2. The molecule has 1 unspecified atom stereocenters. The second-order valence-corrected chi connectivity index (χ2v) is 3.27. The lowest BCUT2D eigenvalue weighted by atomic mass is 10.2. The van der Waals surface area contributed by atoms with Crippen molar-refractivity contribution in [2.45, 2.75) is 39.3 Å². The standard InChI is InChI=1S/C9H16N2O/c1-4-9(12)8-5-10-11(6-8)7(2)3/h5-7,9,12H,4H2,1-3H3. The zero-order valence-electron chi connectivity index (χ0n) is 7.86. The van der Waals surface area contributed by atoms with Gasteiger partial charge in [0.25, 0.3) is 0 Å². The van der Waals surface area contributed by atoms with Crippen LogP contribution in [0.5, 0.6) is 0 Å². The topological polar surface area (TPSA) is 38.1 Å². The number of nitrogens with zero attached hydrogens (tertiary/aromatic N) is 2. The average molecular weight is 168 g/mol. The quantitative estimate of drug-likeness (QED) is 0.748. The van der Waals surface area contributed by atoms with Crippen molar-refractivity contribution in [3.05, 3.63) is 18.0 Å². The van der Waals surface area contributed by atoms with E-state index in [4.69, 9.17) is 0 Å². The van der Waals surface area contributed by atoms with Crippen LogP contribution in [0.3, 0.4) is 0 Å². The third-order valence-electron chi connectivity index (χ3n) is 1.92. The summed E-state index contributed by atoms with van der Waals surface area (Å²) in [6, 6.07) is 0.364. The van der Waals surface area contributed by atoms with E-state index < -0.39 is 0 Å². The molecule has 1 aromatic rings. The van der Waals surface area contributed by atoms with E-state index in [2.05, 4.69) is 18.9 Å². The molecule has 68 valence electrons. The molecule has 1 N–H and O–H groups in total. The Bertz CT molecular complexity index is 242. The minimum atomic E-state index is -0.363. The summed E-state index contributed by atoms with van der Waals surface area (Å²) < 4.78 is 1.86. The summed E-state index contributed by atoms with van der Waals surface area (Å²) >= 11 is 0. The highest BCUT2D eigenvalue weighted by Gasteiger charge is 2.08. The first-order valence-corrected chi connectivity index (χ1v) is 4.37. The van der Waals surface area contributed by atoms with Gasteiger partial charge < -0.3 is 5.11 Å². The van der Waals surface area contributed by atoms with Crippen LogP contribution in [-0.4, -0.2) is 14.9 Å². The van der Waals surface area contributed by atoms with Gasteiger partial charge in [-0.1, -0.05) is 6.92 Å². The number of aliphatic hydroxyl groups is 1. The molecule has 0 saturated heterocycles. The van der Waals surface area contributed by atoms with E-state index in [0.717, 1.165) is 12.0 Å². The molecule has 3 heteroatoms. The summed E-state index contributed by atoms with van der Waals surface area (Å²) in [5, 5.41) is 13.6. The summed E-state index contributed by atoms with van der Waals surface area (Å²) in [5.41, 5.74) is 0.909. The van der Waals surface area contributed by atoms with Crippen LogP contribution < -0.4 is 0 Å². The summed E-state index contributed by atoms with van der Waals surface area (Å²) in [7, 11) is 0. The van der Waals surface area contributed by atoms with Crippen molar-refractivity contribution >= 4 is 0 Å². The summed E-state index contributed by atoms with van der Waals surface area (Å²) in [6.45, 7) is 6.08. The molecule has 1 rings (SSSR count). The highest BCUT2D eigenvalue weighted by atomic mass is 16.3. The molecule has 0 amide bonds. The number of aromatic nitrogens is 2. The van der Waals surface area contributed by atoms with Crippen LogP contribution in [0.1, 0.15) is 44.9 Å². The van der Waals surface area contributed by atoms with Gasteiger partial charge in [-0.15, -0.1) is 0 Å². The Morgan fingerprint density at radius 3 is 2.67 bits per heavy atom. The molecule has 1 heterocycles. The molecule has 0 radical (unpaired) electrons. The predicted octanol–water partition coefficient (Wildman–Crippen LogP) is 1.91. The lowest BCUT2D eigenvalue weighted by Gasteiger charge is -2.05. The third kappa shape index (κ3) is 1.85. The SMILES string of the molecule is CCC(O)c1cnn(C(C)C)c1. The van der Waals surface area contributed by atoms with Crippen LogP contribution in [0.25, 0.3) is 0 Å². The Morgan fingerprint density at radius 2 is 2.25 bits per heavy atom. The second-order valence-electron chi connectivity index (χ2n) is 3.27. The van der Waals surface area contributed by atoms with Crippen molar-refractivity contribution in [2.75, 3.05) is 0 Å². The largest absolute Gasteiger partial charge is 0.388 e. The molecule has 0 fully saturated rings. The van der Waals surface area contributed by atoms with Crippen LogP contribution in [0.15, 0.2) is 12.4 Å². The molecule has 0 spiro atoms. The van der Waals surface area contributed by atoms with E-state index in [1.165, 1.54) is 0 Å². The number of aliphatic hydroxyl groups excluding tert-OH is 1. The molecule has 0 aliphatic carbocycles. The number of hydrogen-bond donors (Lipinski definition) is 1. The zero-order valence-corrected chi connectivity index (χ0v) is 7.86. The van der Waals surface area contributed by atoms with Crippen LogP contribution in [-0.2, 0) is 0 Å². The van der Waals surface area contributed by atoms with Crippen LogP contribution >= 0.6 is 0 Å². The van der Waals surface area contributed by atoms with Gasteiger partial charge >= 0.3 is 0 Å². The van der Waals surface area contributed by atoms with Crippen molar-refractivity contribution in [1.82, 2.24) is 9.78 Å². The van der Waals surface area contributed by atoms with Gasteiger partial charge in [-0.05, 0) is 20.3 Å². The fraction of sp³-hybridized carbons (Fsp3) is 0.667. The van der Waals surface area contributed by atoms with Gasteiger partial charge in [0.05, 0.1) is 12.3 Å². The summed E-state index contributed by atoms with van der Waals surface area (Å²) in [4.78, 5) is 0. The first-order chi connectivity index (χ1) is 5.65. The third-order valence-corrected chi connectivity index (χ3v) is 1.92. The van der Waals surface area contributed by atoms with E-state index in [0.29, 0.717) is 6.04 Å². The van der Waals surface area contributed by atoms with E-state index in [-0.39, 0.29) is 6.10 Å². The van der Waals surface area contributed by atoms with Gasteiger partial charge in [0.1, 0.15) is 0 Å². The van der Waals surface area contributed by atoms with Gasteiger partial charge in [-0.25, -0.2) is 0 Å². The average Bonchev–Trinajstić information content (AvgIpc) is 2.51. The maximum absolute atomic E-state index is 9.47. The summed E-state index contributed by atoms with van der Waals surface area (Å²) in [5.74, 6) is 0. The monoisotopic (exact) mass is 168 g/mol. The molecule has 0 aromatic carbocycles. The van der Waals surface area contributed by atoms with Crippen LogP contribution in [0, 0.1) is 0 Å². The second kappa shape index (κ2) is 3.72. The van der Waals surface area contributed by atoms with E-state index in [1.807, 2.05) is 17.8 Å². The minimum absolute atomic E-state index is 0.363. The molecule has 3 nitrogen and oxygen atoms in total. The smallest absolute Gasteiger partial charge is 0.0817 e. The highest BCUT2D eigenvalue weighted by molar-refractivity contribution is 5.07. The number of rotatable bonds is 3. The predicted molar refractivity (Wildman–Crippen MR) is 47.9 cm³/mol. The first-order valence-electron chi connectivity index (χ1n) is 4.37. The molecule has 1 atom stereocenters. The Labute approximate surface area is 73.0 Å². The Kier molecular flexibility index (Phi) is 2.87. The lowest BCUT2D eigenvalue weighted by molar-refractivity contribution is 0.173. The maximum Gasteiger partial charge on any atom is 0.0817 e. The van der Waals surface area contributed by atoms with E-state index in [1.54, 1.807) is 6.20 Å². The molecule has 12 heavy (non-hydrogen) atoms. The van der Waals surface area contributed by atoms with E-state index >= 15 is 0 Å². The molecule has 1 aromatic heterocycles. The van der Waals surface area contributed by atoms with E-state index in [9.17, 15) is 5.11 Å². The van der Waals surface area contributed by atoms with Gasteiger partial charge in [-0.3, -0.25) is 4.68 Å². The van der Waals surface area contributed by atoms with Crippen LogP contribution in [0.4, 0.5) is 0 Å². The van der Waals surface area contributed by atoms with Gasteiger partial charge in [0.2, 0.25) is 0 Å². The van der Waals surface area contributed by atoms with Gasteiger partial charge in [-0.2, -0.15) is 5.10 Å². The minimum Gasteiger partial charge on any atom is -0.388 e. The maximum atomic E-state index is 9.47. The normalized spacial score (nSPS) is 13.8. The van der Waals surface area contributed by atoms with Crippen molar-refractivity contribution in [2.24, 2.45) is 0 Å². The van der Waals surface area contributed by atoms with Crippen LogP contribution in [0.2, 0.25) is 0 Å². The summed E-state index contributed by atoms with van der Waals surface area (Å²) in [6.07, 6.45) is 4.01. The van der Waals surface area contributed by atoms with Crippen molar-refractivity contribution in [3.63, 3.8) is 0 Å². The van der Waals surface area contributed by atoms with Gasteiger partial charge in [0, 0.05) is 17.8 Å². The van der Waals surface area contributed by atoms with Crippen molar-refractivity contribution in [1.29, 1.82) is 0 Å². The van der Waals surface area contributed by atoms with Gasteiger partial charge in [0.15, 0.2) is 0 Å². The molecule has 0 saturated carbocycles.